The highest BCUT2D eigenvalue weighted by Gasteiger charge is 2.27. The van der Waals surface area contributed by atoms with Crippen molar-refractivity contribution in [3.8, 4) is 0 Å². The summed E-state index contributed by atoms with van der Waals surface area (Å²) in [6, 6.07) is 4.23. The van der Waals surface area contributed by atoms with E-state index in [0.717, 1.165) is 4.31 Å². The molecular weight excluding hydrogens is 302 g/mol. The van der Waals surface area contributed by atoms with Crippen LogP contribution in [0.4, 0.5) is 5.69 Å². The zero-order valence-corrected chi connectivity index (χ0v) is 13.2. The Balaban J connectivity index is 3.19. The van der Waals surface area contributed by atoms with Gasteiger partial charge in [0.15, 0.2) is 0 Å². The molecule has 20 heavy (non-hydrogen) atoms. The molecule has 0 radical (unpaired) electrons. The van der Waals surface area contributed by atoms with Crippen LogP contribution in [0.3, 0.4) is 0 Å². The van der Waals surface area contributed by atoms with Crippen LogP contribution in [0.5, 0.6) is 0 Å². The second-order valence-corrected chi connectivity index (χ2v) is 6.74. The lowest BCUT2D eigenvalue weighted by molar-refractivity contribution is -0.128. The molecule has 0 atom stereocenters. The van der Waals surface area contributed by atoms with E-state index in [2.05, 4.69) is 0 Å². The molecule has 0 heterocycles. The van der Waals surface area contributed by atoms with Crippen LogP contribution in [0.25, 0.3) is 0 Å². The number of sulfonamides is 1. The highest BCUT2D eigenvalue weighted by atomic mass is 35.5. The summed E-state index contributed by atoms with van der Waals surface area (Å²) in [6.07, 6.45) is 0. The number of benzene rings is 1. The Labute approximate surface area is 124 Å². The van der Waals surface area contributed by atoms with E-state index in [1.54, 1.807) is 21.0 Å². The number of hydrogen-bond acceptors (Lipinski definition) is 4. The molecule has 1 aromatic rings. The van der Waals surface area contributed by atoms with E-state index in [9.17, 15) is 13.2 Å². The molecule has 0 aliphatic carbocycles. The number of hydrogen-bond donors (Lipinski definition) is 1. The molecule has 6 nitrogen and oxygen atoms in total. The number of nitrogens with zero attached hydrogens (tertiary/aromatic N) is 2. The molecule has 0 aliphatic rings. The molecule has 0 aliphatic heterocycles. The number of halogens is 1. The van der Waals surface area contributed by atoms with Crippen LogP contribution in [0.1, 0.15) is 6.92 Å². The van der Waals surface area contributed by atoms with Crippen LogP contribution < -0.4 is 5.73 Å². The maximum Gasteiger partial charge on any atom is 0.245 e. The molecule has 0 saturated carbocycles. The predicted molar refractivity (Wildman–Crippen MR) is 79.0 cm³/mol. The van der Waals surface area contributed by atoms with Gasteiger partial charge in [0, 0.05) is 25.7 Å². The molecule has 0 aromatic heterocycles. The summed E-state index contributed by atoms with van der Waals surface area (Å²) in [5.74, 6) is -0.309. The molecular formula is C12H18ClN3O3S. The molecule has 0 unspecified atom stereocenters. The smallest absolute Gasteiger partial charge is 0.245 e. The zero-order valence-electron chi connectivity index (χ0n) is 11.6. The van der Waals surface area contributed by atoms with Crippen molar-refractivity contribution in [2.75, 3.05) is 32.9 Å². The average molecular weight is 320 g/mol. The van der Waals surface area contributed by atoms with Crippen LogP contribution in [0.2, 0.25) is 5.02 Å². The van der Waals surface area contributed by atoms with E-state index in [1.165, 1.54) is 23.1 Å². The standard InChI is InChI=1S/C12H18ClN3O3S/c1-4-16(8-12(17)15(2)3)20(18,19)11-7-9(13)5-6-10(11)14/h5-7H,4,8,14H2,1-3H3. The van der Waals surface area contributed by atoms with E-state index < -0.39 is 10.0 Å². The van der Waals surface area contributed by atoms with Crippen molar-refractivity contribution >= 4 is 33.2 Å². The third-order valence-electron chi connectivity index (χ3n) is 2.76. The minimum atomic E-state index is -3.86. The van der Waals surface area contributed by atoms with Gasteiger partial charge in [-0.25, -0.2) is 8.42 Å². The van der Waals surface area contributed by atoms with E-state index in [1.807, 2.05) is 0 Å². The van der Waals surface area contributed by atoms with Crippen LogP contribution in [0, 0.1) is 0 Å². The Hall–Kier alpha value is -1.31. The molecule has 0 fully saturated rings. The molecule has 0 spiro atoms. The first-order valence-electron chi connectivity index (χ1n) is 5.95. The minimum absolute atomic E-state index is 0.0848. The number of rotatable bonds is 5. The van der Waals surface area contributed by atoms with Gasteiger partial charge < -0.3 is 10.6 Å². The van der Waals surface area contributed by atoms with Gasteiger partial charge in [0.2, 0.25) is 15.9 Å². The van der Waals surface area contributed by atoms with Gasteiger partial charge in [0.1, 0.15) is 4.90 Å². The zero-order chi connectivity index (χ0) is 15.5. The summed E-state index contributed by atoms with van der Waals surface area (Å²) < 4.78 is 26.1. The Bertz CT molecular complexity index is 602. The van der Waals surface area contributed by atoms with E-state index in [-0.39, 0.29) is 34.6 Å². The van der Waals surface area contributed by atoms with Gasteiger partial charge in [-0.05, 0) is 18.2 Å². The fourth-order valence-corrected chi connectivity index (χ4v) is 3.31. The monoisotopic (exact) mass is 319 g/mol. The van der Waals surface area contributed by atoms with Crippen molar-refractivity contribution in [2.45, 2.75) is 11.8 Å². The molecule has 112 valence electrons. The number of nitrogens with two attached hydrogens (primary N) is 1. The van der Waals surface area contributed by atoms with Crippen LogP contribution in [-0.2, 0) is 14.8 Å². The third kappa shape index (κ3) is 3.62. The maximum absolute atomic E-state index is 12.5. The summed E-state index contributed by atoms with van der Waals surface area (Å²) >= 11 is 5.81. The second-order valence-electron chi connectivity index (χ2n) is 4.40. The van der Waals surface area contributed by atoms with Crippen molar-refractivity contribution in [3.05, 3.63) is 23.2 Å². The number of amides is 1. The first kappa shape index (κ1) is 16.7. The lowest BCUT2D eigenvalue weighted by Crippen LogP contribution is -2.40. The molecule has 8 heteroatoms. The Morgan fingerprint density at radius 2 is 1.95 bits per heavy atom. The maximum atomic E-state index is 12.5. The van der Waals surface area contributed by atoms with Gasteiger partial charge in [-0.3, -0.25) is 4.79 Å². The first-order valence-corrected chi connectivity index (χ1v) is 7.77. The Kier molecular flexibility index (Phi) is 5.38. The van der Waals surface area contributed by atoms with Gasteiger partial charge >= 0.3 is 0 Å². The Morgan fingerprint density at radius 1 is 1.35 bits per heavy atom. The van der Waals surface area contributed by atoms with Crippen LogP contribution in [-0.4, -0.2) is 50.7 Å². The fraction of sp³-hybridized carbons (Fsp3) is 0.417. The summed E-state index contributed by atoms with van der Waals surface area (Å²) in [5, 5.41) is 0.271. The number of likely N-dealkylation sites (N-methyl/N-ethyl adjacent to an activating group) is 2. The molecule has 0 saturated heterocycles. The molecule has 2 N–H and O–H groups in total. The summed E-state index contributed by atoms with van der Waals surface area (Å²) in [7, 11) is -0.724. The minimum Gasteiger partial charge on any atom is -0.398 e. The summed E-state index contributed by atoms with van der Waals surface area (Å²) in [4.78, 5) is 13.0. The van der Waals surface area contributed by atoms with Crippen molar-refractivity contribution < 1.29 is 13.2 Å². The molecule has 0 bridgehead atoms. The highest BCUT2D eigenvalue weighted by molar-refractivity contribution is 7.89. The normalized spacial score (nSPS) is 11.7. The number of anilines is 1. The van der Waals surface area contributed by atoms with Crippen molar-refractivity contribution in [1.82, 2.24) is 9.21 Å². The average Bonchev–Trinajstić information content (AvgIpc) is 2.37. The SMILES string of the molecule is CCN(CC(=O)N(C)C)S(=O)(=O)c1cc(Cl)ccc1N. The largest absolute Gasteiger partial charge is 0.398 e. The highest BCUT2D eigenvalue weighted by Crippen LogP contribution is 2.25. The van der Waals surface area contributed by atoms with E-state index in [0.29, 0.717) is 0 Å². The topological polar surface area (TPSA) is 83.7 Å². The third-order valence-corrected chi connectivity index (χ3v) is 4.97. The number of carbonyl (C=O) groups is 1. The van der Waals surface area contributed by atoms with Gasteiger partial charge in [-0.1, -0.05) is 18.5 Å². The lowest BCUT2D eigenvalue weighted by atomic mass is 10.3. The van der Waals surface area contributed by atoms with E-state index in [4.69, 9.17) is 17.3 Å². The van der Waals surface area contributed by atoms with Crippen molar-refractivity contribution in [1.29, 1.82) is 0 Å². The molecule has 1 aromatic carbocycles. The molecule has 1 amide bonds. The fourth-order valence-electron chi connectivity index (χ4n) is 1.53. The lowest BCUT2D eigenvalue weighted by Gasteiger charge is -2.22. The van der Waals surface area contributed by atoms with Crippen LogP contribution >= 0.6 is 11.6 Å². The van der Waals surface area contributed by atoms with Crippen LogP contribution in [0.15, 0.2) is 23.1 Å². The van der Waals surface area contributed by atoms with Gasteiger partial charge in [-0.15, -0.1) is 0 Å². The summed E-state index contributed by atoms with van der Waals surface area (Å²) in [6.45, 7) is 1.58. The van der Waals surface area contributed by atoms with E-state index >= 15 is 0 Å². The summed E-state index contributed by atoms with van der Waals surface area (Å²) in [5.41, 5.74) is 5.80. The predicted octanol–water partition coefficient (Wildman–Crippen LogP) is 1.02. The number of carbonyl (C=O) groups excluding carboxylic acids is 1. The Morgan fingerprint density at radius 3 is 2.45 bits per heavy atom. The molecule has 1 rings (SSSR count). The van der Waals surface area contributed by atoms with Gasteiger partial charge in [-0.2, -0.15) is 4.31 Å². The second kappa shape index (κ2) is 6.43. The van der Waals surface area contributed by atoms with Gasteiger partial charge in [0.25, 0.3) is 0 Å². The van der Waals surface area contributed by atoms with Crippen molar-refractivity contribution in [3.63, 3.8) is 0 Å². The quantitative estimate of drug-likeness (QED) is 0.821. The van der Waals surface area contributed by atoms with Crippen molar-refractivity contribution in [2.24, 2.45) is 0 Å². The number of nitrogen functional groups attached to an aromatic ring is 1. The van der Waals surface area contributed by atoms with Gasteiger partial charge in [0.05, 0.1) is 12.2 Å². The first-order chi connectivity index (χ1) is 9.20.